The molecule has 1 aliphatic heterocycles. The lowest BCUT2D eigenvalue weighted by atomic mass is 9.84. The number of likely N-dealkylation sites (tertiary alicyclic amines) is 1. The van der Waals surface area contributed by atoms with Gasteiger partial charge < -0.3 is 5.73 Å². The van der Waals surface area contributed by atoms with Crippen LogP contribution in [0.1, 0.15) is 57.8 Å². The third kappa shape index (κ3) is 2.00. The van der Waals surface area contributed by atoms with Gasteiger partial charge in [0, 0.05) is 13.0 Å². The molecular formula is C15H24N2O2. The van der Waals surface area contributed by atoms with Crippen molar-refractivity contribution < 1.29 is 9.59 Å². The van der Waals surface area contributed by atoms with Gasteiger partial charge in [0.15, 0.2) is 0 Å². The zero-order valence-electron chi connectivity index (χ0n) is 11.6. The molecule has 2 amide bonds. The van der Waals surface area contributed by atoms with Crippen molar-refractivity contribution in [3.8, 4) is 0 Å². The van der Waals surface area contributed by atoms with E-state index in [1.165, 1.54) is 12.8 Å². The SMILES string of the molecule is NCC(C1CCCC1)N1C(=O)CC2(CCCC2)C1=O. The number of nitrogens with zero attached hydrogens (tertiary/aromatic N) is 1. The lowest BCUT2D eigenvalue weighted by Crippen LogP contribution is -2.49. The quantitative estimate of drug-likeness (QED) is 0.791. The minimum Gasteiger partial charge on any atom is -0.328 e. The van der Waals surface area contributed by atoms with E-state index in [4.69, 9.17) is 5.73 Å². The largest absolute Gasteiger partial charge is 0.328 e. The highest BCUT2D eigenvalue weighted by molar-refractivity contribution is 6.06. The molecule has 1 spiro atoms. The molecule has 0 aromatic carbocycles. The second-order valence-corrected chi connectivity index (χ2v) is 6.58. The van der Waals surface area contributed by atoms with Crippen LogP contribution in [0.4, 0.5) is 0 Å². The highest BCUT2D eigenvalue weighted by atomic mass is 16.2. The van der Waals surface area contributed by atoms with Crippen molar-refractivity contribution in [1.82, 2.24) is 4.90 Å². The van der Waals surface area contributed by atoms with Crippen molar-refractivity contribution in [1.29, 1.82) is 0 Å². The number of hydrogen-bond acceptors (Lipinski definition) is 3. The molecule has 2 saturated carbocycles. The number of carbonyl (C=O) groups is 2. The maximum atomic E-state index is 12.7. The molecule has 3 fully saturated rings. The average molecular weight is 264 g/mol. The Labute approximate surface area is 114 Å². The first-order chi connectivity index (χ1) is 9.18. The van der Waals surface area contributed by atoms with Crippen LogP contribution in [0.15, 0.2) is 0 Å². The number of rotatable bonds is 3. The van der Waals surface area contributed by atoms with Crippen LogP contribution >= 0.6 is 0 Å². The van der Waals surface area contributed by atoms with E-state index in [-0.39, 0.29) is 23.3 Å². The van der Waals surface area contributed by atoms with Crippen molar-refractivity contribution in [2.75, 3.05) is 6.54 Å². The molecule has 1 heterocycles. The van der Waals surface area contributed by atoms with Crippen molar-refractivity contribution >= 4 is 11.8 Å². The molecule has 2 N–H and O–H groups in total. The Morgan fingerprint density at radius 1 is 1.16 bits per heavy atom. The number of carbonyl (C=O) groups excluding carboxylic acids is 2. The second kappa shape index (κ2) is 4.89. The van der Waals surface area contributed by atoms with Gasteiger partial charge in [0.2, 0.25) is 11.8 Å². The molecule has 3 aliphatic rings. The van der Waals surface area contributed by atoms with Crippen LogP contribution in [0.25, 0.3) is 0 Å². The van der Waals surface area contributed by atoms with Crippen LogP contribution in [0.5, 0.6) is 0 Å². The summed E-state index contributed by atoms with van der Waals surface area (Å²) < 4.78 is 0. The lowest BCUT2D eigenvalue weighted by molar-refractivity contribution is -0.145. The summed E-state index contributed by atoms with van der Waals surface area (Å²) in [6, 6.07) is -0.0394. The van der Waals surface area contributed by atoms with E-state index in [2.05, 4.69) is 0 Å². The standard InChI is InChI=1S/C15H24N2O2/c16-10-12(11-5-1-2-6-11)17-13(18)9-15(14(17)19)7-3-4-8-15/h11-12H,1-10,16H2. The summed E-state index contributed by atoms with van der Waals surface area (Å²) in [5.41, 5.74) is 5.55. The molecule has 0 radical (unpaired) electrons. The van der Waals surface area contributed by atoms with E-state index >= 15 is 0 Å². The monoisotopic (exact) mass is 264 g/mol. The maximum absolute atomic E-state index is 12.7. The molecule has 1 unspecified atom stereocenters. The van der Waals surface area contributed by atoms with Gasteiger partial charge >= 0.3 is 0 Å². The Morgan fingerprint density at radius 3 is 2.37 bits per heavy atom. The van der Waals surface area contributed by atoms with Gasteiger partial charge in [-0.15, -0.1) is 0 Å². The van der Waals surface area contributed by atoms with Gasteiger partial charge in [-0.05, 0) is 31.6 Å². The van der Waals surface area contributed by atoms with Gasteiger partial charge in [-0.1, -0.05) is 25.7 Å². The molecule has 1 saturated heterocycles. The summed E-state index contributed by atoms with van der Waals surface area (Å²) in [6.45, 7) is 0.429. The summed E-state index contributed by atoms with van der Waals surface area (Å²) in [4.78, 5) is 26.7. The molecule has 1 atom stereocenters. The predicted octanol–water partition coefficient (Wildman–Crippen LogP) is 1.82. The summed E-state index contributed by atoms with van der Waals surface area (Å²) in [7, 11) is 0. The van der Waals surface area contributed by atoms with Gasteiger partial charge in [0.1, 0.15) is 0 Å². The highest BCUT2D eigenvalue weighted by Gasteiger charge is 2.54. The van der Waals surface area contributed by atoms with Crippen molar-refractivity contribution in [3.05, 3.63) is 0 Å². The molecule has 0 aromatic heterocycles. The molecule has 4 nitrogen and oxygen atoms in total. The van der Waals surface area contributed by atoms with E-state index in [1.54, 1.807) is 4.90 Å². The number of hydrogen-bond donors (Lipinski definition) is 1. The minimum atomic E-state index is -0.344. The molecule has 3 rings (SSSR count). The summed E-state index contributed by atoms with van der Waals surface area (Å²) >= 11 is 0. The van der Waals surface area contributed by atoms with Crippen LogP contribution in [0.2, 0.25) is 0 Å². The van der Waals surface area contributed by atoms with Gasteiger partial charge in [0.05, 0.1) is 11.5 Å². The first-order valence-electron chi connectivity index (χ1n) is 7.74. The summed E-state index contributed by atoms with van der Waals surface area (Å²) in [5, 5.41) is 0. The highest BCUT2D eigenvalue weighted by Crippen LogP contribution is 2.48. The molecule has 19 heavy (non-hydrogen) atoms. The molecule has 0 aromatic rings. The Hall–Kier alpha value is -0.900. The third-order valence-corrected chi connectivity index (χ3v) is 5.51. The fraction of sp³-hybridized carbons (Fsp3) is 0.867. The van der Waals surface area contributed by atoms with Crippen LogP contribution in [-0.2, 0) is 9.59 Å². The molecule has 106 valence electrons. The topological polar surface area (TPSA) is 63.4 Å². The Kier molecular flexibility index (Phi) is 3.37. The number of nitrogens with two attached hydrogens (primary N) is 1. The zero-order valence-corrected chi connectivity index (χ0v) is 11.6. The molecular weight excluding hydrogens is 240 g/mol. The fourth-order valence-electron chi connectivity index (χ4n) is 4.45. The lowest BCUT2D eigenvalue weighted by Gasteiger charge is -2.31. The van der Waals surface area contributed by atoms with Crippen LogP contribution < -0.4 is 5.73 Å². The normalized spacial score (nSPS) is 28.8. The second-order valence-electron chi connectivity index (χ2n) is 6.58. The predicted molar refractivity (Wildman–Crippen MR) is 72.2 cm³/mol. The van der Waals surface area contributed by atoms with E-state index in [0.29, 0.717) is 18.9 Å². The van der Waals surface area contributed by atoms with Gasteiger partial charge in [-0.2, -0.15) is 0 Å². The van der Waals surface area contributed by atoms with Gasteiger partial charge in [0.25, 0.3) is 0 Å². The van der Waals surface area contributed by atoms with Crippen LogP contribution in [0, 0.1) is 11.3 Å². The van der Waals surface area contributed by atoms with Crippen LogP contribution in [0.3, 0.4) is 0 Å². The van der Waals surface area contributed by atoms with Crippen molar-refractivity contribution in [2.45, 2.75) is 63.8 Å². The Balaban J connectivity index is 1.82. The average Bonchev–Trinajstić information content (AvgIpc) is 3.09. The first kappa shape index (κ1) is 13.1. The third-order valence-electron chi connectivity index (χ3n) is 5.51. The zero-order chi connectivity index (χ0) is 13.5. The summed E-state index contributed by atoms with van der Waals surface area (Å²) in [5.74, 6) is 0.570. The van der Waals surface area contributed by atoms with E-state index < -0.39 is 0 Å². The van der Waals surface area contributed by atoms with E-state index in [0.717, 1.165) is 38.5 Å². The number of amides is 2. The fourth-order valence-corrected chi connectivity index (χ4v) is 4.45. The Morgan fingerprint density at radius 2 is 1.79 bits per heavy atom. The van der Waals surface area contributed by atoms with Crippen molar-refractivity contribution in [2.24, 2.45) is 17.1 Å². The van der Waals surface area contributed by atoms with Gasteiger partial charge in [-0.3, -0.25) is 14.5 Å². The molecule has 4 heteroatoms. The van der Waals surface area contributed by atoms with Crippen molar-refractivity contribution in [3.63, 3.8) is 0 Å². The number of imide groups is 1. The molecule has 0 bridgehead atoms. The van der Waals surface area contributed by atoms with Crippen LogP contribution in [-0.4, -0.2) is 29.3 Å². The van der Waals surface area contributed by atoms with E-state index in [1.807, 2.05) is 0 Å². The maximum Gasteiger partial charge on any atom is 0.236 e. The molecule has 2 aliphatic carbocycles. The minimum absolute atomic E-state index is 0.0363. The van der Waals surface area contributed by atoms with Gasteiger partial charge in [-0.25, -0.2) is 0 Å². The first-order valence-corrected chi connectivity index (χ1v) is 7.74. The summed E-state index contributed by atoms with van der Waals surface area (Å²) in [6.07, 6.45) is 9.07. The Bertz CT molecular complexity index is 382. The smallest absolute Gasteiger partial charge is 0.236 e. The van der Waals surface area contributed by atoms with E-state index in [9.17, 15) is 9.59 Å².